The molecule has 1 amide bonds. The standard InChI is InChI=1S/C17H26N2O2/c1-12-5-4-10-17(18,11-12)16(20)19-13(2)14-6-8-15(21-3)9-7-14/h6-9,12-13H,4-5,10-11,18H2,1-3H3,(H,19,20)/t12?,13-,17?/m0/s1. The van der Waals surface area contributed by atoms with Crippen molar-refractivity contribution in [3.63, 3.8) is 0 Å². The highest BCUT2D eigenvalue weighted by molar-refractivity contribution is 5.86. The number of hydrogen-bond acceptors (Lipinski definition) is 3. The van der Waals surface area contributed by atoms with E-state index in [4.69, 9.17) is 10.5 Å². The number of nitrogens with one attached hydrogen (secondary N) is 1. The second-order valence-electron chi connectivity index (χ2n) is 6.33. The Bertz CT molecular complexity index is 486. The van der Waals surface area contributed by atoms with E-state index >= 15 is 0 Å². The van der Waals surface area contributed by atoms with Gasteiger partial charge in [0, 0.05) is 0 Å². The normalized spacial score (nSPS) is 27.0. The molecule has 1 aliphatic rings. The van der Waals surface area contributed by atoms with Gasteiger partial charge in [0.15, 0.2) is 0 Å². The fourth-order valence-corrected chi connectivity index (χ4v) is 3.11. The van der Waals surface area contributed by atoms with E-state index in [2.05, 4.69) is 12.2 Å². The first kappa shape index (κ1) is 15.8. The van der Waals surface area contributed by atoms with Gasteiger partial charge >= 0.3 is 0 Å². The van der Waals surface area contributed by atoms with Gasteiger partial charge in [0.2, 0.25) is 5.91 Å². The van der Waals surface area contributed by atoms with Crippen LogP contribution in [0.25, 0.3) is 0 Å². The lowest BCUT2D eigenvalue weighted by Crippen LogP contribution is -2.56. The number of nitrogens with two attached hydrogens (primary N) is 1. The average molecular weight is 290 g/mol. The second kappa shape index (κ2) is 6.48. The molecular formula is C17H26N2O2. The molecule has 3 N–H and O–H groups in total. The molecule has 4 heteroatoms. The summed E-state index contributed by atoms with van der Waals surface area (Å²) in [5.74, 6) is 1.30. The van der Waals surface area contributed by atoms with Gasteiger partial charge in [0.25, 0.3) is 0 Å². The first-order valence-corrected chi connectivity index (χ1v) is 7.68. The fourth-order valence-electron chi connectivity index (χ4n) is 3.11. The summed E-state index contributed by atoms with van der Waals surface area (Å²) in [6.07, 6.45) is 3.74. The summed E-state index contributed by atoms with van der Waals surface area (Å²) in [6, 6.07) is 7.69. The van der Waals surface area contributed by atoms with Crippen molar-refractivity contribution in [3.05, 3.63) is 29.8 Å². The molecule has 2 rings (SSSR count). The van der Waals surface area contributed by atoms with Gasteiger partial charge in [-0.05, 0) is 43.4 Å². The van der Waals surface area contributed by atoms with E-state index in [1.54, 1.807) is 7.11 Å². The molecule has 2 unspecified atom stereocenters. The van der Waals surface area contributed by atoms with Crippen molar-refractivity contribution >= 4 is 5.91 Å². The lowest BCUT2D eigenvalue weighted by atomic mass is 9.76. The van der Waals surface area contributed by atoms with Gasteiger partial charge in [-0.25, -0.2) is 0 Å². The van der Waals surface area contributed by atoms with Crippen molar-refractivity contribution < 1.29 is 9.53 Å². The largest absolute Gasteiger partial charge is 0.497 e. The predicted octanol–water partition coefficient (Wildman–Crippen LogP) is 2.78. The Labute approximate surface area is 127 Å². The predicted molar refractivity (Wildman–Crippen MR) is 84.1 cm³/mol. The van der Waals surface area contributed by atoms with E-state index in [0.717, 1.165) is 30.6 Å². The molecule has 0 saturated heterocycles. The summed E-state index contributed by atoms with van der Waals surface area (Å²) in [5.41, 5.74) is 6.68. The molecule has 1 saturated carbocycles. The first-order valence-electron chi connectivity index (χ1n) is 7.68. The molecule has 4 nitrogen and oxygen atoms in total. The van der Waals surface area contributed by atoms with Crippen LogP contribution in [0.15, 0.2) is 24.3 Å². The van der Waals surface area contributed by atoms with Crippen LogP contribution in [0.3, 0.4) is 0 Å². The maximum Gasteiger partial charge on any atom is 0.240 e. The Morgan fingerprint density at radius 3 is 2.67 bits per heavy atom. The quantitative estimate of drug-likeness (QED) is 0.896. The van der Waals surface area contributed by atoms with Crippen LogP contribution in [-0.4, -0.2) is 18.6 Å². The zero-order valence-corrected chi connectivity index (χ0v) is 13.2. The van der Waals surface area contributed by atoms with Gasteiger partial charge in [0.05, 0.1) is 18.7 Å². The Balaban J connectivity index is 2.00. The van der Waals surface area contributed by atoms with E-state index in [-0.39, 0.29) is 11.9 Å². The first-order chi connectivity index (χ1) is 9.94. The van der Waals surface area contributed by atoms with Crippen molar-refractivity contribution in [2.45, 2.75) is 51.1 Å². The summed E-state index contributed by atoms with van der Waals surface area (Å²) < 4.78 is 5.15. The van der Waals surface area contributed by atoms with Crippen molar-refractivity contribution in [3.8, 4) is 5.75 Å². The van der Waals surface area contributed by atoms with Crippen LogP contribution in [-0.2, 0) is 4.79 Å². The molecule has 21 heavy (non-hydrogen) atoms. The molecule has 1 fully saturated rings. The lowest BCUT2D eigenvalue weighted by Gasteiger charge is -2.36. The number of ether oxygens (including phenoxy) is 1. The van der Waals surface area contributed by atoms with Gasteiger partial charge in [-0.2, -0.15) is 0 Å². The Morgan fingerprint density at radius 2 is 2.10 bits per heavy atom. The fraction of sp³-hybridized carbons (Fsp3) is 0.588. The van der Waals surface area contributed by atoms with E-state index in [0.29, 0.717) is 5.92 Å². The Hall–Kier alpha value is -1.55. The van der Waals surface area contributed by atoms with Crippen LogP contribution >= 0.6 is 0 Å². The van der Waals surface area contributed by atoms with Gasteiger partial charge in [-0.1, -0.05) is 31.9 Å². The molecule has 0 heterocycles. The van der Waals surface area contributed by atoms with E-state index in [1.165, 1.54) is 6.42 Å². The topological polar surface area (TPSA) is 64.3 Å². The molecule has 0 spiro atoms. The van der Waals surface area contributed by atoms with E-state index in [9.17, 15) is 4.79 Å². The number of rotatable bonds is 4. The summed E-state index contributed by atoms with van der Waals surface area (Å²) in [6.45, 7) is 4.15. The van der Waals surface area contributed by atoms with Gasteiger partial charge in [-0.3, -0.25) is 4.79 Å². The molecule has 3 atom stereocenters. The maximum atomic E-state index is 12.5. The van der Waals surface area contributed by atoms with Crippen molar-refractivity contribution in [2.75, 3.05) is 7.11 Å². The Kier molecular flexibility index (Phi) is 4.88. The van der Waals surface area contributed by atoms with E-state index in [1.807, 2.05) is 31.2 Å². The molecule has 1 aromatic carbocycles. The third-order valence-electron chi connectivity index (χ3n) is 4.45. The highest BCUT2D eigenvalue weighted by Gasteiger charge is 2.38. The van der Waals surface area contributed by atoms with Crippen molar-refractivity contribution in [2.24, 2.45) is 11.7 Å². The number of carbonyl (C=O) groups is 1. The molecule has 0 radical (unpaired) electrons. The van der Waals surface area contributed by atoms with E-state index < -0.39 is 5.54 Å². The van der Waals surface area contributed by atoms with Crippen LogP contribution in [0.4, 0.5) is 0 Å². The molecule has 1 aromatic rings. The Morgan fingerprint density at radius 1 is 1.43 bits per heavy atom. The summed E-state index contributed by atoms with van der Waals surface area (Å²) in [5, 5.41) is 3.06. The molecule has 1 aliphatic carbocycles. The van der Waals surface area contributed by atoms with Crippen LogP contribution < -0.4 is 15.8 Å². The molecular weight excluding hydrogens is 264 g/mol. The second-order valence-corrected chi connectivity index (χ2v) is 6.33. The van der Waals surface area contributed by atoms with Gasteiger partial charge in [0.1, 0.15) is 5.75 Å². The summed E-state index contributed by atoms with van der Waals surface area (Å²) >= 11 is 0. The molecule has 0 bridgehead atoms. The van der Waals surface area contributed by atoms with Crippen molar-refractivity contribution in [1.29, 1.82) is 0 Å². The monoisotopic (exact) mass is 290 g/mol. The minimum Gasteiger partial charge on any atom is -0.497 e. The zero-order chi connectivity index (χ0) is 15.5. The zero-order valence-electron chi connectivity index (χ0n) is 13.2. The smallest absolute Gasteiger partial charge is 0.240 e. The minimum absolute atomic E-state index is 0.0302. The highest BCUT2D eigenvalue weighted by Crippen LogP contribution is 2.31. The van der Waals surface area contributed by atoms with Gasteiger partial charge in [-0.15, -0.1) is 0 Å². The molecule has 0 aromatic heterocycles. The SMILES string of the molecule is COc1ccc([C@H](C)NC(=O)C2(N)CCCC(C)C2)cc1. The van der Waals surface area contributed by atoms with Gasteiger partial charge < -0.3 is 15.8 Å². The number of carbonyl (C=O) groups excluding carboxylic acids is 1. The summed E-state index contributed by atoms with van der Waals surface area (Å²) in [4.78, 5) is 12.5. The van der Waals surface area contributed by atoms with Crippen LogP contribution in [0.1, 0.15) is 51.1 Å². The number of amides is 1. The number of methoxy groups -OCH3 is 1. The molecule has 0 aliphatic heterocycles. The molecule has 116 valence electrons. The summed E-state index contributed by atoms with van der Waals surface area (Å²) in [7, 11) is 1.64. The maximum absolute atomic E-state index is 12.5. The van der Waals surface area contributed by atoms with Crippen LogP contribution in [0.2, 0.25) is 0 Å². The van der Waals surface area contributed by atoms with Crippen molar-refractivity contribution in [1.82, 2.24) is 5.32 Å². The van der Waals surface area contributed by atoms with Crippen LogP contribution in [0.5, 0.6) is 5.75 Å². The third kappa shape index (κ3) is 3.76. The number of benzene rings is 1. The number of hydrogen-bond donors (Lipinski definition) is 2. The third-order valence-corrected chi connectivity index (χ3v) is 4.45. The minimum atomic E-state index is -0.710. The average Bonchev–Trinajstić information content (AvgIpc) is 2.47. The highest BCUT2D eigenvalue weighted by atomic mass is 16.5. The van der Waals surface area contributed by atoms with Crippen LogP contribution in [0, 0.1) is 5.92 Å². The lowest BCUT2D eigenvalue weighted by molar-refractivity contribution is -0.128.